The Labute approximate surface area is 194 Å². The van der Waals surface area contributed by atoms with Crippen LogP contribution in [0.1, 0.15) is 57.6 Å². The lowest BCUT2D eigenvalue weighted by Crippen LogP contribution is -2.44. The Hall–Kier alpha value is -1.97. The third-order valence-electron chi connectivity index (χ3n) is 6.47. The summed E-state index contributed by atoms with van der Waals surface area (Å²) in [7, 11) is 0. The number of carbonyl (C=O) groups is 1. The van der Waals surface area contributed by atoms with Crippen LogP contribution in [0.2, 0.25) is 10.0 Å². The molecule has 2 aromatic rings. The average Bonchev–Trinajstić information content (AvgIpc) is 2.96. The molecule has 0 spiro atoms. The second-order valence-electron chi connectivity index (χ2n) is 8.31. The average molecular weight is 458 g/mol. The first-order valence-corrected chi connectivity index (χ1v) is 12.0. The van der Waals surface area contributed by atoms with Crippen LogP contribution in [0.25, 0.3) is 11.6 Å². The van der Waals surface area contributed by atoms with Crippen molar-refractivity contribution in [1.82, 2.24) is 0 Å². The van der Waals surface area contributed by atoms with Crippen LogP contribution in [0.5, 0.6) is 0 Å². The van der Waals surface area contributed by atoms with Crippen LogP contribution >= 0.6 is 23.2 Å². The molecule has 0 aromatic heterocycles. The Balaban J connectivity index is 0.00000112. The minimum Gasteiger partial charge on any atom is -0.464 e. The van der Waals surface area contributed by atoms with E-state index in [0.717, 1.165) is 24.1 Å². The zero-order valence-electron chi connectivity index (χ0n) is 18.5. The fraction of sp³-hybridized carbons (Fsp3) is 0.423. The van der Waals surface area contributed by atoms with Crippen LogP contribution in [-0.4, -0.2) is 18.6 Å². The molecule has 31 heavy (non-hydrogen) atoms. The zero-order chi connectivity index (χ0) is 22.3. The number of rotatable bonds is 2. The van der Waals surface area contributed by atoms with E-state index in [1.165, 1.54) is 21.6 Å². The molecule has 0 bridgehead atoms. The predicted octanol–water partition coefficient (Wildman–Crippen LogP) is 5.50. The van der Waals surface area contributed by atoms with E-state index >= 15 is 0 Å². The van der Waals surface area contributed by atoms with Crippen molar-refractivity contribution >= 4 is 46.5 Å². The van der Waals surface area contributed by atoms with E-state index in [4.69, 9.17) is 27.9 Å². The molecule has 5 heteroatoms. The fourth-order valence-corrected chi connectivity index (χ4v) is 6.03. The van der Waals surface area contributed by atoms with Crippen molar-refractivity contribution < 1.29 is 9.53 Å². The zero-order valence-corrected chi connectivity index (χ0v) is 20.0. The largest absolute Gasteiger partial charge is 0.464 e. The monoisotopic (exact) mass is 457 g/mol. The van der Waals surface area contributed by atoms with Crippen molar-refractivity contribution in [3.8, 4) is 0 Å². The van der Waals surface area contributed by atoms with E-state index in [9.17, 15) is 4.79 Å². The maximum absolute atomic E-state index is 13.0. The van der Waals surface area contributed by atoms with Crippen LogP contribution in [0, 0.1) is 11.8 Å². The fourth-order valence-electron chi connectivity index (χ4n) is 5.42. The van der Waals surface area contributed by atoms with Crippen LogP contribution in [0.15, 0.2) is 30.3 Å². The van der Waals surface area contributed by atoms with Crippen molar-refractivity contribution in [3.63, 3.8) is 0 Å². The van der Waals surface area contributed by atoms with Gasteiger partial charge in [-0.15, -0.1) is 0 Å². The normalized spacial score (nSPS) is 24.9. The Morgan fingerprint density at radius 1 is 1.23 bits per heavy atom. The lowest BCUT2D eigenvalue weighted by atomic mass is 9.73. The van der Waals surface area contributed by atoms with Gasteiger partial charge in [0.2, 0.25) is 0 Å². The topological polar surface area (TPSA) is 38.3 Å². The van der Waals surface area contributed by atoms with Gasteiger partial charge in [0.05, 0.1) is 6.61 Å². The highest BCUT2D eigenvalue weighted by Crippen LogP contribution is 2.52. The number of anilines is 1. The summed E-state index contributed by atoms with van der Waals surface area (Å²) in [4.78, 5) is 13.0. The van der Waals surface area contributed by atoms with Crippen molar-refractivity contribution in [2.45, 2.75) is 52.5 Å². The lowest BCUT2D eigenvalue weighted by molar-refractivity contribution is -0.145. The standard InChI is InChI=1S/C24H23Cl2NO2.C2H6/c1-3-29-24(28)23-21-16-9-12(2)7-8-13-5-4-6-15(19(13)16)20(21)22-17(26)10-14(25)11-18(22)27-23;1-2/h4-6,8,10-12,20-21,23,27H,3,7,9H2,1-2H3;1-2H3. The summed E-state index contributed by atoms with van der Waals surface area (Å²) in [6, 6.07) is 9.70. The van der Waals surface area contributed by atoms with Crippen molar-refractivity contribution in [2.24, 2.45) is 11.8 Å². The first-order valence-electron chi connectivity index (χ1n) is 11.2. The van der Waals surface area contributed by atoms with Gasteiger partial charge in [0.1, 0.15) is 6.04 Å². The molecule has 164 valence electrons. The van der Waals surface area contributed by atoms with Gasteiger partial charge in [-0.2, -0.15) is 0 Å². The quantitative estimate of drug-likeness (QED) is 0.604. The van der Waals surface area contributed by atoms with E-state index < -0.39 is 6.04 Å². The smallest absolute Gasteiger partial charge is 0.329 e. The number of esters is 1. The van der Waals surface area contributed by atoms with Gasteiger partial charge >= 0.3 is 5.97 Å². The molecule has 5 rings (SSSR count). The highest BCUT2D eigenvalue weighted by atomic mass is 35.5. The molecule has 4 unspecified atom stereocenters. The van der Waals surface area contributed by atoms with E-state index in [1.54, 1.807) is 6.07 Å². The van der Waals surface area contributed by atoms with Gasteiger partial charge in [-0.25, -0.2) is 4.79 Å². The number of benzene rings is 2. The van der Waals surface area contributed by atoms with Gasteiger partial charge in [-0.3, -0.25) is 0 Å². The highest BCUT2D eigenvalue weighted by Gasteiger charge is 2.48. The number of halogens is 2. The molecular formula is C26H29Cl2NO2. The van der Waals surface area contributed by atoms with E-state index in [0.29, 0.717) is 22.6 Å². The summed E-state index contributed by atoms with van der Waals surface area (Å²) in [6.07, 6.45) is 4.35. The lowest BCUT2D eigenvalue weighted by Gasteiger charge is -2.39. The summed E-state index contributed by atoms with van der Waals surface area (Å²) in [5.41, 5.74) is 4.47. The molecule has 0 fully saturated rings. The van der Waals surface area contributed by atoms with Gasteiger partial charge in [0.15, 0.2) is 0 Å². The minimum absolute atomic E-state index is 0.00896. The van der Waals surface area contributed by atoms with E-state index in [-0.39, 0.29) is 17.8 Å². The van der Waals surface area contributed by atoms with Gasteiger partial charge in [-0.05, 0) is 53.8 Å². The molecule has 4 atom stereocenters. The Kier molecular flexibility index (Phi) is 6.37. The Morgan fingerprint density at radius 3 is 2.74 bits per heavy atom. The summed E-state index contributed by atoms with van der Waals surface area (Å²) in [6.45, 7) is 8.48. The molecule has 0 radical (unpaired) electrons. The number of carbonyl (C=O) groups excluding carboxylic acids is 1. The number of ether oxygens (including phenoxy) is 1. The maximum Gasteiger partial charge on any atom is 0.329 e. The number of fused-ring (bicyclic) bond motifs is 5. The van der Waals surface area contributed by atoms with E-state index in [2.05, 4.69) is 36.5 Å². The third kappa shape index (κ3) is 3.66. The highest BCUT2D eigenvalue weighted by molar-refractivity contribution is 6.35. The molecule has 2 aromatic carbocycles. The molecule has 2 aliphatic carbocycles. The first kappa shape index (κ1) is 22.2. The summed E-state index contributed by atoms with van der Waals surface area (Å²) in [5, 5.41) is 7.21. The van der Waals surface area contributed by atoms with Gasteiger partial charge < -0.3 is 10.1 Å². The Morgan fingerprint density at radius 2 is 2.00 bits per heavy atom. The number of hydrogen-bond acceptors (Lipinski definition) is 3. The van der Waals surface area contributed by atoms with Crippen LogP contribution in [0.3, 0.4) is 0 Å². The molecule has 1 aliphatic heterocycles. The van der Waals surface area contributed by atoms with Gasteiger partial charge in [-0.1, -0.05) is 73.8 Å². The molecule has 0 saturated heterocycles. The minimum atomic E-state index is -0.456. The van der Waals surface area contributed by atoms with Gasteiger partial charge in [0.25, 0.3) is 0 Å². The maximum atomic E-state index is 13.0. The summed E-state index contributed by atoms with van der Waals surface area (Å²) in [5.74, 6) is 0.320. The van der Waals surface area contributed by atoms with Crippen molar-refractivity contribution in [2.75, 3.05) is 11.9 Å². The first-order chi connectivity index (χ1) is 15.0. The molecular weight excluding hydrogens is 429 g/mol. The van der Waals surface area contributed by atoms with Crippen molar-refractivity contribution in [1.29, 1.82) is 0 Å². The second-order valence-corrected chi connectivity index (χ2v) is 9.16. The predicted molar refractivity (Wildman–Crippen MR) is 129 cm³/mol. The molecule has 3 nitrogen and oxygen atoms in total. The SMILES string of the molecule is CC.CCOC(=O)C1Nc2cc(Cl)cc(Cl)c2C2c3cccc4c3=C(CC(C)CC=4)C12. The number of nitrogens with one attached hydrogen (secondary N) is 1. The van der Waals surface area contributed by atoms with Crippen molar-refractivity contribution in [3.05, 3.63) is 61.9 Å². The molecule has 0 amide bonds. The third-order valence-corrected chi connectivity index (χ3v) is 7.00. The molecule has 1 N–H and O–H groups in total. The summed E-state index contributed by atoms with van der Waals surface area (Å²) >= 11 is 13.0. The second kappa shape index (κ2) is 8.88. The van der Waals surface area contributed by atoms with Gasteiger partial charge in [0, 0.05) is 33.1 Å². The Bertz CT molecular complexity index is 1140. The molecule has 0 saturated carbocycles. The van der Waals surface area contributed by atoms with Crippen LogP contribution in [-0.2, 0) is 9.53 Å². The number of hydrogen-bond donors (Lipinski definition) is 1. The van der Waals surface area contributed by atoms with E-state index in [1.807, 2.05) is 26.8 Å². The van der Waals surface area contributed by atoms with Crippen LogP contribution < -0.4 is 15.8 Å². The van der Waals surface area contributed by atoms with Crippen LogP contribution in [0.4, 0.5) is 5.69 Å². The summed E-state index contributed by atoms with van der Waals surface area (Å²) < 4.78 is 5.47. The molecule has 1 heterocycles. The molecule has 3 aliphatic rings.